The Labute approximate surface area is 140 Å². The van der Waals surface area contributed by atoms with Crippen molar-refractivity contribution in [3.8, 4) is 0 Å². The lowest BCUT2D eigenvalue weighted by molar-refractivity contribution is 0.540. The lowest BCUT2D eigenvalue weighted by Gasteiger charge is -2.26. The zero-order valence-electron chi connectivity index (χ0n) is 12.1. The highest BCUT2D eigenvalue weighted by Crippen LogP contribution is 2.19. The van der Waals surface area contributed by atoms with Gasteiger partial charge in [0.25, 0.3) is 0 Å². The summed E-state index contributed by atoms with van der Waals surface area (Å²) in [6.45, 7) is 3.33. The highest BCUT2D eigenvalue weighted by Gasteiger charge is 2.18. The number of halogens is 1. The molecular formula is C18H21IN2. The SMILES string of the molecule is Ic1ccc(N2CCCNC(Cc3ccccc3)C2)cc1. The summed E-state index contributed by atoms with van der Waals surface area (Å²) in [5.74, 6) is 0. The van der Waals surface area contributed by atoms with E-state index in [4.69, 9.17) is 0 Å². The zero-order chi connectivity index (χ0) is 14.5. The van der Waals surface area contributed by atoms with E-state index in [-0.39, 0.29) is 0 Å². The van der Waals surface area contributed by atoms with Gasteiger partial charge in [0.05, 0.1) is 0 Å². The average molecular weight is 392 g/mol. The van der Waals surface area contributed by atoms with Crippen LogP contribution in [0.4, 0.5) is 5.69 Å². The molecule has 0 bridgehead atoms. The van der Waals surface area contributed by atoms with E-state index in [0.717, 1.165) is 26.1 Å². The Bertz CT molecular complexity index is 553. The monoisotopic (exact) mass is 392 g/mol. The predicted octanol–water partition coefficient (Wildman–Crippen LogP) is 3.70. The number of benzene rings is 2. The Morgan fingerprint density at radius 3 is 2.57 bits per heavy atom. The summed E-state index contributed by atoms with van der Waals surface area (Å²) in [6, 6.07) is 20.2. The molecular weight excluding hydrogens is 371 g/mol. The smallest absolute Gasteiger partial charge is 0.0367 e. The molecule has 0 aromatic heterocycles. The summed E-state index contributed by atoms with van der Waals surface area (Å²) in [5, 5.41) is 3.70. The molecule has 3 heteroatoms. The van der Waals surface area contributed by atoms with Crippen LogP contribution in [0, 0.1) is 3.57 Å². The van der Waals surface area contributed by atoms with E-state index < -0.39 is 0 Å². The maximum atomic E-state index is 3.70. The molecule has 2 aromatic rings. The van der Waals surface area contributed by atoms with Crippen LogP contribution in [0.1, 0.15) is 12.0 Å². The summed E-state index contributed by atoms with van der Waals surface area (Å²) in [4.78, 5) is 2.52. The number of hydrogen-bond acceptors (Lipinski definition) is 2. The van der Waals surface area contributed by atoms with Gasteiger partial charge in [0.15, 0.2) is 0 Å². The molecule has 2 aromatic carbocycles. The van der Waals surface area contributed by atoms with Crippen molar-refractivity contribution in [2.45, 2.75) is 18.9 Å². The third-order valence-corrected chi connectivity index (χ3v) is 4.71. The molecule has 21 heavy (non-hydrogen) atoms. The Hall–Kier alpha value is -1.07. The first-order valence-corrected chi connectivity index (χ1v) is 8.67. The van der Waals surface area contributed by atoms with Crippen molar-refractivity contribution in [3.63, 3.8) is 0 Å². The van der Waals surface area contributed by atoms with E-state index in [1.165, 1.54) is 21.2 Å². The van der Waals surface area contributed by atoms with Gasteiger partial charge in [-0.3, -0.25) is 0 Å². The third kappa shape index (κ3) is 4.20. The highest BCUT2D eigenvalue weighted by atomic mass is 127. The van der Waals surface area contributed by atoms with Crippen LogP contribution in [-0.2, 0) is 6.42 Å². The molecule has 0 saturated carbocycles. The molecule has 1 atom stereocenters. The molecule has 1 heterocycles. The van der Waals surface area contributed by atoms with Crippen LogP contribution in [0.15, 0.2) is 54.6 Å². The first-order valence-electron chi connectivity index (χ1n) is 7.59. The maximum Gasteiger partial charge on any atom is 0.0367 e. The first-order chi connectivity index (χ1) is 10.3. The fraction of sp³-hybridized carbons (Fsp3) is 0.333. The van der Waals surface area contributed by atoms with Crippen LogP contribution < -0.4 is 10.2 Å². The minimum Gasteiger partial charge on any atom is -0.370 e. The van der Waals surface area contributed by atoms with Crippen LogP contribution in [0.25, 0.3) is 0 Å². The third-order valence-electron chi connectivity index (χ3n) is 4.00. The van der Waals surface area contributed by atoms with E-state index in [9.17, 15) is 0 Å². The maximum absolute atomic E-state index is 3.70. The molecule has 1 aliphatic rings. The van der Waals surface area contributed by atoms with Crippen LogP contribution in [0.5, 0.6) is 0 Å². The molecule has 0 aliphatic carbocycles. The number of rotatable bonds is 3. The van der Waals surface area contributed by atoms with Gasteiger partial charge in [0, 0.05) is 28.4 Å². The van der Waals surface area contributed by atoms with E-state index in [0.29, 0.717) is 6.04 Å². The Morgan fingerprint density at radius 2 is 1.81 bits per heavy atom. The minimum atomic E-state index is 0.522. The number of anilines is 1. The lowest BCUT2D eigenvalue weighted by Crippen LogP contribution is -2.39. The van der Waals surface area contributed by atoms with Crippen LogP contribution >= 0.6 is 22.6 Å². The molecule has 0 amide bonds. The van der Waals surface area contributed by atoms with Crippen molar-refractivity contribution in [2.75, 3.05) is 24.5 Å². The average Bonchev–Trinajstić information content (AvgIpc) is 2.75. The number of hydrogen-bond donors (Lipinski definition) is 1. The number of nitrogens with zero attached hydrogens (tertiary/aromatic N) is 1. The fourth-order valence-corrected chi connectivity index (χ4v) is 3.28. The van der Waals surface area contributed by atoms with E-state index >= 15 is 0 Å². The second kappa shape index (κ2) is 7.27. The molecule has 1 saturated heterocycles. The van der Waals surface area contributed by atoms with Crippen molar-refractivity contribution in [2.24, 2.45) is 0 Å². The molecule has 0 spiro atoms. The second-order valence-electron chi connectivity index (χ2n) is 5.62. The molecule has 1 unspecified atom stereocenters. The van der Waals surface area contributed by atoms with Crippen LogP contribution in [0.2, 0.25) is 0 Å². The topological polar surface area (TPSA) is 15.3 Å². The van der Waals surface area contributed by atoms with Gasteiger partial charge >= 0.3 is 0 Å². The van der Waals surface area contributed by atoms with Gasteiger partial charge in [0.1, 0.15) is 0 Å². The van der Waals surface area contributed by atoms with Crippen LogP contribution in [-0.4, -0.2) is 25.7 Å². The lowest BCUT2D eigenvalue weighted by atomic mass is 10.1. The van der Waals surface area contributed by atoms with Gasteiger partial charge in [-0.15, -0.1) is 0 Å². The molecule has 1 aliphatic heterocycles. The van der Waals surface area contributed by atoms with Crippen molar-refractivity contribution >= 4 is 28.3 Å². The highest BCUT2D eigenvalue weighted by molar-refractivity contribution is 14.1. The standard InChI is InChI=1S/C18H21IN2/c19-16-7-9-18(10-8-16)21-12-4-11-20-17(14-21)13-15-5-2-1-3-6-15/h1-3,5-10,17,20H,4,11-14H2. The van der Waals surface area contributed by atoms with Crippen LogP contribution in [0.3, 0.4) is 0 Å². The first kappa shape index (κ1) is 14.9. The molecule has 110 valence electrons. The Balaban J connectivity index is 1.70. The van der Waals surface area contributed by atoms with Crippen molar-refractivity contribution in [1.82, 2.24) is 5.32 Å². The molecule has 3 rings (SSSR count). The molecule has 0 radical (unpaired) electrons. The van der Waals surface area contributed by atoms with E-state index in [2.05, 4.69) is 87.4 Å². The predicted molar refractivity (Wildman–Crippen MR) is 97.9 cm³/mol. The zero-order valence-corrected chi connectivity index (χ0v) is 14.3. The summed E-state index contributed by atoms with van der Waals surface area (Å²) < 4.78 is 1.30. The van der Waals surface area contributed by atoms with E-state index in [1.807, 2.05) is 0 Å². The Kier molecular flexibility index (Phi) is 5.14. The van der Waals surface area contributed by atoms with Gasteiger partial charge in [-0.25, -0.2) is 0 Å². The van der Waals surface area contributed by atoms with Gasteiger partial charge in [-0.1, -0.05) is 30.3 Å². The fourth-order valence-electron chi connectivity index (χ4n) is 2.92. The Morgan fingerprint density at radius 1 is 1.05 bits per heavy atom. The van der Waals surface area contributed by atoms with Crippen molar-refractivity contribution in [3.05, 3.63) is 63.7 Å². The minimum absolute atomic E-state index is 0.522. The summed E-state index contributed by atoms with van der Waals surface area (Å²) in [5.41, 5.74) is 2.76. The quantitative estimate of drug-likeness (QED) is 0.802. The molecule has 2 nitrogen and oxygen atoms in total. The van der Waals surface area contributed by atoms with Gasteiger partial charge in [0.2, 0.25) is 0 Å². The molecule has 1 fully saturated rings. The normalized spacial score (nSPS) is 19.3. The molecule has 1 N–H and O–H groups in total. The summed E-state index contributed by atoms with van der Waals surface area (Å²) in [6.07, 6.45) is 2.30. The van der Waals surface area contributed by atoms with Gasteiger partial charge < -0.3 is 10.2 Å². The summed E-state index contributed by atoms with van der Waals surface area (Å²) in [7, 11) is 0. The van der Waals surface area contributed by atoms with Gasteiger partial charge in [-0.05, 0) is 71.8 Å². The number of nitrogens with one attached hydrogen (secondary N) is 1. The van der Waals surface area contributed by atoms with E-state index in [1.54, 1.807) is 0 Å². The second-order valence-corrected chi connectivity index (χ2v) is 6.86. The van der Waals surface area contributed by atoms with Crippen molar-refractivity contribution in [1.29, 1.82) is 0 Å². The summed E-state index contributed by atoms with van der Waals surface area (Å²) >= 11 is 2.36. The van der Waals surface area contributed by atoms with Crippen molar-refractivity contribution < 1.29 is 0 Å². The largest absolute Gasteiger partial charge is 0.370 e. The van der Waals surface area contributed by atoms with Gasteiger partial charge in [-0.2, -0.15) is 0 Å².